The van der Waals surface area contributed by atoms with E-state index in [4.69, 9.17) is 5.73 Å². The number of aryl methyl sites for hydroxylation is 1. The van der Waals surface area contributed by atoms with Gasteiger partial charge in [-0.25, -0.2) is 9.97 Å². The maximum atomic E-state index is 12.4. The first kappa shape index (κ1) is 16.2. The van der Waals surface area contributed by atoms with Crippen molar-refractivity contribution in [2.45, 2.75) is 38.3 Å². The van der Waals surface area contributed by atoms with Crippen LogP contribution in [0.25, 0.3) is 0 Å². The summed E-state index contributed by atoms with van der Waals surface area (Å²) in [4.78, 5) is 22.3. The van der Waals surface area contributed by atoms with E-state index in [0.717, 1.165) is 38.0 Å². The molecular formula is C16H23N7O. The van der Waals surface area contributed by atoms with Crippen molar-refractivity contribution in [3.8, 4) is 0 Å². The minimum atomic E-state index is 0.181. The lowest BCUT2D eigenvalue weighted by Crippen LogP contribution is -2.33. The van der Waals surface area contributed by atoms with Gasteiger partial charge in [0.1, 0.15) is 18.5 Å². The van der Waals surface area contributed by atoms with Crippen LogP contribution < -0.4 is 11.1 Å². The van der Waals surface area contributed by atoms with E-state index in [2.05, 4.69) is 20.4 Å². The number of hydrogen-bond acceptors (Lipinski definition) is 6. The van der Waals surface area contributed by atoms with Crippen molar-refractivity contribution in [2.75, 3.05) is 24.1 Å². The number of nitrogens with one attached hydrogen (secondary N) is 1. The average Bonchev–Trinajstić information content (AvgIpc) is 3.00. The summed E-state index contributed by atoms with van der Waals surface area (Å²) in [6.45, 7) is 2.17. The minimum absolute atomic E-state index is 0.181. The summed E-state index contributed by atoms with van der Waals surface area (Å²) in [7, 11) is 0. The topological polar surface area (TPSA) is 102 Å². The maximum absolute atomic E-state index is 12.4. The highest BCUT2D eigenvalue weighted by Crippen LogP contribution is 2.17. The zero-order valence-electron chi connectivity index (χ0n) is 13.6. The molecule has 0 bridgehead atoms. The molecule has 3 N–H and O–H groups in total. The molecule has 8 nitrogen and oxygen atoms in total. The van der Waals surface area contributed by atoms with Gasteiger partial charge >= 0.3 is 0 Å². The Labute approximate surface area is 141 Å². The van der Waals surface area contributed by atoms with Crippen molar-refractivity contribution >= 4 is 17.4 Å². The van der Waals surface area contributed by atoms with Gasteiger partial charge in [0.05, 0.1) is 18.4 Å². The minimum Gasteiger partial charge on any atom is -0.384 e. The molecule has 0 radical (unpaired) electrons. The zero-order chi connectivity index (χ0) is 16.8. The number of nitrogens with two attached hydrogens (primary N) is 1. The highest BCUT2D eigenvalue weighted by molar-refractivity contribution is 5.76. The Hall–Kier alpha value is -2.64. The number of nitrogens with zero attached hydrogens (tertiary/aromatic N) is 5. The van der Waals surface area contributed by atoms with E-state index in [1.54, 1.807) is 23.3 Å². The summed E-state index contributed by atoms with van der Waals surface area (Å²) in [5.74, 6) is 0.700. The second-order valence-corrected chi connectivity index (χ2v) is 6.03. The molecule has 3 rings (SSSR count). The monoisotopic (exact) mass is 329 g/mol. The molecule has 1 amide bonds. The molecule has 1 fully saturated rings. The largest absolute Gasteiger partial charge is 0.384 e. The van der Waals surface area contributed by atoms with Crippen LogP contribution in [0.4, 0.5) is 11.5 Å². The number of anilines is 2. The molecule has 0 spiro atoms. The van der Waals surface area contributed by atoms with Gasteiger partial charge in [-0.15, -0.1) is 0 Å². The van der Waals surface area contributed by atoms with E-state index in [1.807, 2.05) is 11.0 Å². The quantitative estimate of drug-likeness (QED) is 0.853. The molecule has 0 aromatic carbocycles. The number of nitrogen functional groups attached to an aromatic ring is 1. The van der Waals surface area contributed by atoms with Gasteiger partial charge < -0.3 is 16.0 Å². The third kappa shape index (κ3) is 4.43. The zero-order valence-corrected chi connectivity index (χ0v) is 13.6. The van der Waals surface area contributed by atoms with Crippen LogP contribution in [0.3, 0.4) is 0 Å². The number of pyridine rings is 1. The van der Waals surface area contributed by atoms with Gasteiger partial charge in [0.2, 0.25) is 5.91 Å². The lowest BCUT2D eigenvalue weighted by Gasteiger charge is -2.21. The number of likely N-dealkylation sites (tertiary alicyclic amines) is 1. The van der Waals surface area contributed by atoms with Gasteiger partial charge in [-0.3, -0.25) is 9.48 Å². The van der Waals surface area contributed by atoms with Crippen molar-refractivity contribution in [2.24, 2.45) is 0 Å². The molecule has 128 valence electrons. The van der Waals surface area contributed by atoms with Crippen LogP contribution in [-0.4, -0.2) is 49.7 Å². The van der Waals surface area contributed by atoms with E-state index in [-0.39, 0.29) is 5.91 Å². The fourth-order valence-corrected chi connectivity index (χ4v) is 2.93. The summed E-state index contributed by atoms with van der Waals surface area (Å²) in [5, 5.41) is 7.51. The molecule has 1 aliphatic heterocycles. The molecule has 1 saturated heterocycles. The standard InChI is InChI=1S/C16H23N7O/c17-15-4-3-14(10-19-15)21-13-2-1-7-22(8-5-13)16(24)6-9-23-12-18-11-20-23/h3-4,10-13,21H,1-2,5-9H2,(H2,17,19)/t13-/m1/s1. The molecule has 2 aromatic heterocycles. The van der Waals surface area contributed by atoms with Gasteiger partial charge in [0.15, 0.2) is 0 Å². The number of hydrogen-bond donors (Lipinski definition) is 2. The molecule has 24 heavy (non-hydrogen) atoms. The Morgan fingerprint density at radius 2 is 2.25 bits per heavy atom. The first-order chi connectivity index (χ1) is 11.7. The molecular weight excluding hydrogens is 306 g/mol. The third-order valence-electron chi connectivity index (χ3n) is 4.26. The van der Waals surface area contributed by atoms with Crippen LogP contribution in [-0.2, 0) is 11.3 Å². The third-order valence-corrected chi connectivity index (χ3v) is 4.26. The van der Waals surface area contributed by atoms with Crippen LogP contribution in [0.15, 0.2) is 31.0 Å². The summed E-state index contributed by atoms with van der Waals surface area (Å²) in [6, 6.07) is 4.08. The Morgan fingerprint density at radius 1 is 1.33 bits per heavy atom. The highest BCUT2D eigenvalue weighted by Gasteiger charge is 2.20. The predicted molar refractivity (Wildman–Crippen MR) is 91.1 cm³/mol. The Morgan fingerprint density at radius 3 is 3.00 bits per heavy atom. The van der Waals surface area contributed by atoms with Gasteiger partial charge in [-0.05, 0) is 31.4 Å². The first-order valence-electron chi connectivity index (χ1n) is 8.29. The number of rotatable bonds is 5. The van der Waals surface area contributed by atoms with Crippen LogP contribution in [0.1, 0.15) is 25.7 Å². The second-order valence-electron chi connectivity index (χ2n) is 6.03. The number of aromatic nitrogens is 4. The van der Waals surface area contributed by atoms with E-state index >= 15 is 0 Å². The molecule has 0 aliphatic carbocycles. The molecule has 0 unspecified atom stereocenters. The van der Waals surface area contributed by atoms with Crippen molar-refractivity contribution in [3.05, 3.63) is 31.0 Å². The number of amides is 1. The van der Waals surface area contributed by atoms with E-state index < -0.39 is 0 Å². The Bertz CT molecular complexity index is 641. The summed E-state index contributed by atoms with van der Waals surface area (Å²) in [6.07, 6.45) is 8.30. The van der Waals surface area contributed by atoms with Gasteiger partial charge in [-0.1, -0.05) is 0 Å². The second kappa shape index (κ2) is 7.76. The van der Waals surface area contributed by atoms with E-state index in [1.165, 1.54) is 6.33 Å². The predicted octanol–water partition coefficient (Wildman–Crippen LogP) is 1.14. The van der Waals surface area contributed by atoms with Gasteiger partial charge in [-0.2, -0.15) is 5.10 Å². The SMILES string of the molecule is Nc1ccc(N[C@@H]2CCCN(C(=O)CCn3cncn3)CC2)cn1. The number of carbonyl (C=O) groups is 1. The number of carbonyl (C=O) groups excluding carboxylic acids is 1. The van der Waals surface area contributed by atoms with Gasteiger partial charge in [0.25, 0.3) is 0 Å². The normalized spacial score (nSPS) is 18.2. The molecule has 1 atom stereocenters. The maximum Gasteiger partial charge on any atom is 0.224 e. The molecule has 8 heteroatoms. The fraction of sp³-hybridized carbons (Fsp3) is 0.500. The van der Waals surface area contributed by atoms with E-state index in [9.17, 15) is 4.79 Å². The van der Waals surface area contributed by atoms with Crippen LogP contribution in [0.5, 0.6) is 0 Å². The summed E-state index contributed by atoms with van der Waals surface area (Å²) in [5.41, 5.74) is 6.58. The molecule has 3 heterocycles. The summed E-state index contributed by atoms with van der Waals surface area (Å²) >= 11 is 0. The van der Waals surface area contributed by atoms with Crippen molar-refractivity contribution in [3.63, 3.8) is 0 Å². The van der Waals surface area contributed by atoms with Crippen LogP contribution in [0, 0.1) is 0 Å². The van der Waals surface area contributed by atoms with Crippen molar-refractivity contribution in [1.82, 2.24) is 24.6 Å². The smallest absolute Gasteiger partial charge is 0.224 e. The van der Waals surface area contributed by atoms with E-state index in [0.29, 0.717) is 24.8 Å². The van der Waals surface area contributed by atoms with Crippen molar-refractivity contribution in [1.29, 1.82) is 0 Å². The lowest BCUT2D eigenvalue weighted by molar-refractivity contribution is -0.131. The molecule has 2 aromatic rings. The average molecular weight is 329 g/mol. The van der Waals surface area contributed by atoms with Crippen LogP contribution in [0.2, 0.25) is 0 Å². The van der Waals surface area contributed by atoms with Crippen LogP contribution >= 0.6 is 0 Å². The first-order valence-corrected chi connectivity index (χ1v) is 8.29. The van der Waals surface area contributed by atoms with Gasteiger partial charge in [0, 0.05) is 25.6 Å². The Balaban J connectivity index is 1.47. The highest BCUT2D eigenvalue weighted by atomic mass is 16.2. The Kier molecular flexibility index (Phi) is 5.25. The molecule has 1 aliphatic rings. The lowest BCUT2D eigenvalue weighted by atomic mass is 10.1. The van der Waals surface area contributed by atoms with Crippen molar-refractivity contribution < 1.29 is 4.79 Å². The fourth-order valence-electron chi connectivity index (χ4n) is 2.93. The molecule has 0 saturated carbocycles. The summed E-state index contributed by atoms with van der Waals surface area (Å²) < 4.78 is 1.69.